The number of aliphatic carboxylic acids is 1. The van der Waals surface area contributed by atoms with E-state index in [1.54, 1.807) is 0 Å². The van der Waals surface area contributed by atoms with E-state index in [1.807, 2.05) is 18.3 Å². The molecule has 1 aromatic rings. The summed E-state index contributed by atoms with van der Waals surface area (Å²) in [5.41, 5.74) is 1.09. The third kappa shape index (κ3) is 3.29. The third-order valence-electron chi connectivity index (χ3n) is 3.75. The number of nitrogens with zero attached hydrogens (tertiary/aromatic N) is 2. The minimum absolute atomic E-state index is 0.288. The molecule has 18 heavy (non-hydrogen) atoms. The monoisotopic (exact) mass is 248 g/mol. The van der Waals surface area contributed by atoms with Crippen LogP contribution in [0.2, 0.25) is 0 Å². The van der Waals surface area contributed by atoms with Crippen LogP contribution in [0.3, 0.4) is 0 Å². The van der Waals surface area contributed by atoms with Crippen LogP contribution in [-0.4, -0.2) is 34.0 Å². The van der Waals surface area contributed by atoms with Gasteiger partial charge >= 0.3 is 5.97 Å². The Balaban J connectivity index is 1.87. The summed E-state index contributed by atoms with van der Waals surface area (Å²) in [4.78, 5) is 17.4. The fourth-order valence-corrected chi connectivity index (χ4v) is 2.59. The van der Waals surface area contributed by atoms with Gasteiger partial charge in [0.1, 0.15) is 0 Å². The predicted octanol–water partition coefficient (Wildman–Crippen LogP) is 2.33. The normalized spacial score (nSPS) is 21.9. The van der Waals surface area contributed by atoms with Crippen LogP contribution in [0.1, 0.15) is 37.9 Å². The number of pyridine rings is 1. The molecule has 0 saturated carbocycles. The molecule has 98 valence electrons. The summed E-state index contributed by atoms with van der Waals surface area (Å²) in [7, 11) is 0. The maximum Gasteiger partial charge on any atom is 0.303 e. The highest BCUT2D eigenvalue weighted by atomic mass is 16.4. The topological polar surface area (TPSA) is 53.4 Å². The average Bonchev–Trinajstić information content (AvgIpc) is 2.85. The van der Waals surface area contributed by atoms with Gasteiger partial charge in [0.2, 0.25) is 0 Å². The minimum atomic E-state index is -0.689. The lowest BCUT2D eigenvalue weighted by molar-refractivity contribution is -0.137. The molecule has 0 amide bonds. The fraction of sp³-hybridized carbons (Fsp3) is 0.571. The van der Waals surface area contributed by atoms with E-state index in [2.05, 4.69) is 22.9 Å². The van der Waals surface area contributed by atoms with Crippen molar-refractivity contribution >= 4 is 5.97 Å². The number of aromatic nitrogens is 1. The molecule has 0 bridgehead atoms. The molecule has 1 fully saturated rings. The lowest BCUT2D eigenvalue weighted by atomic mass is 10.0. The summed E-state index contributed by atoms with van der Waals surface area (Å²) in [5.74, 6) is -0.168. The summed E-state index contributed by atoms with van der Waals surface area (Å²) in [6.45, 7) is 4.20. The van der Waals surface area contributed by atoms with Gasteiger partial charge in [-0.15, -0.1) is 0 Å². The zero-order valence-corrected chi connectivity index (χ0v) is 10.7. The van der Waals surface area contributed by atoms with E-state index in [9.17, 15) is 4.79 Å². The summed E-state index contributed by atoms with van der Waals surface area (Å²) in [5, 5.41) is 8.70. The number of carbonyl (C=O) groups is 1. The molecule has 1 aliphatic heterocycles. The molecule has 2 heterocycles. The zero-order chi connectivity index (χ0) is 13.0. The third-order valence-corrected chi connectivity index (χ3v) is 3.75. The molecule has 4 nitrogen and oxygen atoms in total. The Hall–Kier alpha value is -1.42. The van der Waals surface area contributed by atoms with Crippen LogP contribution in [0.5, 0.6) is 0 Å². The molecule has 1 N–H and O–H groups in total. The van der Waals surface area contributed by atoms with Gasteiger partial charge in [0, 0.05) is 25.2 Å². The molecular weight excluding hydrogens is 228 g/mol. The summed E-state index contributed by atoms with van der Waals surface area (Å²) in [6, 6.07) is 6.31. The number of hydrogen-bond donors (Lipinski definition) is 1. The van der Waals surface area contributed by atoms with Crippen molar-refractivity contribution in [1.82, 2.24) is 9.88 Å². The van der Waals surface area contributed by atoms with Crippen molar-refractivity contribution < 1.29 is 9.90 Å². The van der Waals surface area contributed by atoms with E-state index < -0.39 is 5.97 Å². The van der Waals surface area contributed by atoms with Crippen LogP contribution in [-0.2, 0) is 4.79 Å². The van der Waals surface area contributed by atoms with Crippen LogP contribution in [0.4, 0.5) is 0 Å². The molecule has 2 atom stereocenters. The molecule has 0 aliphatic carbocycles. The Bertz CT molecular complexity index is 394. The summed E-state index contributed by atoms with van der Waals surface area (Å²) >= 11 is 0. The highest BCUT2D eigenvalue weighted by Crippen LogP contribution is 2.28. The van der Waals surface area contributed by atoms with Crippen LogP contribution < -0.4 is 0 Å². The Morgan fingerprint density at radius 2 is 2.44 bits per heavy atom. The van der Waals surface area contributed by atoms with Crippen molar-refractivity contribution in [3.63, 3.8) is 0 Å². The average molecular weight is 248 g/mol. The molecule has 0 spiro atoms. The van der Waals surface area contributed by atoms with E-state index in [0.29, 0.717) is 12.0 Å². The SMILES string of the molecule is CC(c1ccccn1)N1CCC(CCC(=O)O)C1. The molecule has 1 saturated heterocycles. The van der Waals surface area contributed by atoms with Crippen LogP contribution in [0.15, 0.2) is 24.4 Å². The maximum absolute atomic E-state index is 10.6. The first kappa shape index (κ1) is 13.0. The van der Waals surface area contributed by atoms with Crippen molar-refractivity contribution in [2.45, 2.75) is 32.2 Å². The molecule has 2 unspecified atom stereocenters. The molecular formula is C14H20N2O2. The highest BCUT2D eigenvalue weighted by Gasteiger charge is 2.27. The van der Waals surface area contributed by atoms with Gasteiger partial charge in [-0.25, -0.2) is 0 Å². The smallest absolute Gasteiger partial charge is 0.303 e. The van der Waals surface area contributed by atoms with Crippen molar-refractivity contribution in [3.05, 3.63) is 30.1 Å². The van der Waals surface area contributed by atoms with Crippen LogP contribution >= 0.6 is 0 Å². The van der Waals surface area contributed by atoms with E-state index in [0.717, 1.165) is 31.6 Å². The minimum Gasteiger partial charge on any atom is -0.481 e. The second-order valence-electron chi connectivity index (χ2n) is 5.01. The van der Waals surface area contributed by atoms with Crippen molar-refractivity contribution in [2.24, 2.45) is 5.92 Å². The van der Waals surface area contributed by atoms with Crippen molar-refractivity contribution in [1.29, 1.82) is 0 Å². The number of carboxylic acid groups (broad SMARTS) is 1. The Kier molecular flexibility index (Phi) is 4.31. The highest BCUT2D eigenvalue weighted by molar-refractivity contribution is 5.66. The van der Waals surface area contributed by atoms with Gasteiger partial charge in [-0.3, -0.25) is 14.7 Å². The standard InChI is InChI=1S/C14H20N2O2/c1-11(13-4-2-3-8-15-13)16-9-7-12(10-16)5-6-14(17)18/h2-4,8,11-12H,5-7,9-10H2,1H3,(H,17,18). The number of rotatable bonds is 5. The van der Waals surface area contributed by atoms with Gasteiger partial charge in [0.15, 0.2) is 0 Å². The quantitative estimate of drug-likeness (QED) is 0.869. The van der Waals surface area contributed by atoms with Gasteiger partial charge in [0.25, 0.3) is 0 Å². The first-order valence-corrected chi connectivity index (χ1v) is 6.53. The molecule has 2 rings (SSSR count). The van der Waals surface area contributed by atoms with E-state index in [1.165, 1.54) is 0 Å². The Morgan fingerprint density at radius 3 is 3.11 bits per heavy atom. The van der Waals surface area contributed by atoms with E-state index >= 15 is 0 Å². The van der Waals surface area contributed by atoms with E-state index in [4.69, 9.17) is 5.11 Å². The fourth-order valence-electron chi connectivity index (χ4n) is 2.59. The lowest BCUT2D eigenvalue weighted by Crippen LogP contribution is -2.25. The van der Waals surface area contributed by atoms with Crippen LogP contribution in [0, 0.1) is 5.92 Å². The molecule has 1 aliphatic rings. The second kappa shape index (κ2) is 5.96. The largest absolute Gasteiger partial charge is 0.481 e. The molecule has 1 aromatic heterocycles. The molecule has 0 aromatic carbocycles. The van der Waals surface area contributed by atoms with Gasteiger partial charge in [-0.05, 0) is 44.4 Å². The lowest BCUT2D eigenvalue weighted by Gasteiger charge is -2.23. The van der Waals surface area contributed by atoms with Crippen LogP contribution in [0.25, 0.3) is 0 Å². The maximum atomic E-state index is 10.6. The van der Waals surface area contributed by atoms with Gasteiger partial charge in [0.05, 0.1) is 5.69 Å². The van der Waals surface area contributed by atoms with E-state index in [-0.39, 0.29) is 6.42 Å². The summed E-state index contributed by atoms with van der Waals surface area (Å²) in [6.07, 6.45) is 4.01. The first-order chi connectivity index (χ1) is 8.66. The Labute approximate surface area is 108 Å². The Morgan fingerprint density at radius 1 is 1.61 bits per heavy atom. The van der Waals surface area contributed by atoms with Crippen molar-refractivity contribution in [2.75, 3.05) is 13.1 Å². The first-order valence-electron chi connectivity index (χ1n) is 6.53. The predicted molar refractivity (Wildman–Crippen MR) is 69.2 cm³/mol. The number of carboxylic acids is 1. The molecule has 4 heteroatoms. The zero-order valence-electron chi connectivity index (χ0n) is 10.7. The van der Waals surface area contributed by atoms with Gasteiger partial charge in [-0.1, -0.05) is 6.07 Å². The summed E-state index contributed by atoms with van der Waals surface area (Å²) < 4.78 is 0. The number of likely N-dealkylation sites (tertiary alicyclic amines) is 1. The molecule has 0 radical (unpaired) electrons. The number of hydrogen-bond acceptors (Lipinski definition) is 3. The van der Waals surface area contributed by atoms with Crippen molar-refractivity contribution in [3.8, 4) is 0 Å². The van der Waals surface area contributed by atoms with Gasteiger partial charge < -0.3 is 5.11 Å². The second-order valence-corrected chi connectivity index (χ2v) is 5.01. The van der Waals surface area contributed by atoms with Gasteiger partial charge in [-0.2, -0.15) is 0 Å².